The van der Waals surface area contributed by atoms with Crippen LogP contribution in [0, 0.1) is 12.7 Å². The minimum absolute atomic E-state index is 0.148. The van der Waals surface area contributed by atoms with E-state index in [-0.39, 0.29) is 11.9 Å². The molecule has 100 valence electrons. The molecule has 1 saturated heterocycles. The molecule has 19 heavy (non-hydrogen) atoms. The first-order chi connectivity index (χ1) is 9.13. The predicted molar refractivity (Wildman–Crippen MR) is 66.1 cm³/mol. The average molecular weight is 263 g/mol. The second-order valence-electron chi connectivity index (χ2n) is 4.72. The van der Waals surface area contributed by atoms with E-state index in [1.54, 1.807) is 13.0 Å². The van der Waals surface area contributed by atoms with Crippen LogP contribution in [0.1, 0.15) is 23.9 Å². The fourth-order valence-electron chi connectivity index (χ4n) is 2.46. The van der Waals surface area contributed by atoms with Crippen molar-refractivity contribution >= 4 is 6.01 Å². The van der Waals surface area contributed by atoms with Crippen molar-refractivity contribution in [1.82, 2.24) is 10.2 Å². The Hall–Kier alpha value is -1.95. The van der Waals surface area contributed by atoms with Crippen molar-refractivity contribution in [3.05, 3.63) is 41.5 Å². The molecule has 0 spiro atoms. The highest BCUT2D eigenvalue weighted by Gasteiger charge is 2.35. The normalized spacial score (nSPS) is 23.0. The molecule has 1 aromatic carbocycles. The Morgan fingerprint density at radius 2 is 2.26 bits per heavy atom. The van der Waals surface area contributed by atoms with Crippen LogP contribution in [0.4, 0.5) is 10.4 Å². The lowest BCUT2D eigenvalue weighted by atomic mass is 10.0. The molecule has 0 saturated carbocycles. The van der Waals surface area contributed by atoms with Gasteiger partial charge < -0.3 is 14.4 Å². The van der Waals surface area contributed by atoms with Gasteiger partial charge in [-0.25, -0.2) is 4.39 Å². The zero-order valence-electron chi connectivity index (χ0n) is 10.5. The summed E-state index contributed by atoms with van der Waals surface area (Å²) < 4.78 is 18.7. The zero-order valence-corrected chi connectivity index (χ0v) is 10.5. The van der Waals surface area contributed by atoms with Crippen LogP contribution in [0.15, 0.2) is 28.7 Å². The number of aliphatic hydroxyl groups is 1. The molecular formula is C13H14FN3O2. The Morgan fingerprint density at radius 3 is 2.95 bits per heavy atom. The number of aromatic nitrogens is 2. The third-order valence-corrected chi connectivity index (χ3v) is 3.27. The third kappa shape index (κ3) is 2.31. The van der Waals surface area contributed by atoms with Gasteiger partial charge in [0, 0.05) is 13.5 Å². The van der Waals surface area contributed by atoms with Crippen LogP contribution in [-0.2, 0) is 0 Å². The van der Waals surface area contributed by atoms with Gasteiger partial charge in [-0.2, -0.15) is 0 Å². The number of aliphatic hydroxyl groups excluding tert-OH is 1. The second-order valence-corrected chi connectivity index (χ2v) is 4.72. The summed E-state index contributed by atoms with van der Waals surface area (Å²) in [7, 11) is 0. The van der Waals surface area contributed by atoms with Gasteiger partial charge in [-0.05, 0) is 24.1 Å². The summed E-state index contributed by atoms with van der Waals surface area (Å²) >= 11 is 0. The molecule has 1 aromatic heterocycles. The smallest absolute Gasteiger partial charge is 0.318 e. The molecule has 0 amide bonds. The number of aryl methyl sites for hydroxylation is 1. The van der Waals surface area contributed by atoms with Crippen molar-refractivity contribution < 1.29 is 13.9 Å². The summed E-state index contributed by atoms with van der Waals surface area (Å²) in [5.41, 5.74) is 0.799. The van der Waals surface area contributed by atoms with E-state index in [2.05, 4.69) is 10.2 Å². The van der Waals surface area contributed by atoms with E-state index in [4.69, 9.17) is 4.42 Å². The maximum absolute atomic E-state index is 13.3. The van der Waals surface area contributed by atoms with Gasteiger partial charge in [0.15, 0.2) is 0 Å². The standard InChI is InChI=1S/C13H14FN3O2/c1-8-15-16-13(19-8)17-7-11(18)6-12(17)9-3-2-4-10(14)5-9/h2-5,11-12,18H,6-7H2,1H3/t11-,12+/m0/s1. The molecule has 1 fully saturated rings. The van der Waals surface area contributed by atoms with E-state index >= 15 is 0 Å². The Balaban J connectivity index is 1.94. The molecule has 3 rings (SSSR count). The molecule has 2 aromatic rings. The number of hydrogen-bond acceptors (Lipinski definition) is 5. The average Bonchev–Trinajstić information content (AvgIpc) is 2.95. The van der Waals surface area contributed by atoms with Crippen LogP contribution in [0.3, 0.4) is 0 Å². The van der Waals surface area contributed by atoms with E-state index < -0.39 is 6.10 Å². The van der Waals surface area contributed by atoms with Crippen LogP contribution < -0.4 is 4.90 Å². The molecular weight excluding hydrogens is 249 g/mol. The first-order valence-corrected chi connectivity index (χ1v) is 6.14. The molecule has 1 N–H and O–H groups in total. The van der Waals surface area contributed by atoms with Gasteiger partial charge in [-0.3, -0.25) is 0 Å². The van der Waals surface area contributed by atoms with Gasteiger partial charge in [0.25, 0.3) is 0 Å². The first kappa shape index (κ1) is 12.1. The summed E-state index contributed by atoms with van der Waals surface area (Å²) in [5.74, 6) is 0.176. The van der Waals surface area contributed by atoms with Crippen molar-refractivity contribution in [3.63, 3.8) is 0 Å². The number of hydrogen-bond donors (Lipinski definition) is 1. The zero-order chi connectivity index (χ0) is 13.4. The summed E-state index contributed by atoms with van der Waals surface area (Å²) in [6, 6.07) is 6.58. The molecule has 0 bridgehead atoms. The minimum atomic E-state index is -0.486. The first-order valence-electron chi connectivity index (χ1n) is 6.14. The number of β-amino-alcohol motifs (C(OH)–C–C–N with tert-alkyl or cyclic N) is 1. The van der Waals surface area contributed by atoms with Crippen LogP contribution >= 0.6 is 0 Å². The molecule has 0 unspecified atom stereocenters. The molecule has 2 atom stereocenters. The molecule has 1 aliphatic rings. The van der Waals surface area contributed by atoms with E-state index in [0.717, 1.165) is 5.56 Å². The predicted octanol–water partition coefficient (Wildman–Crippen LogP) is 1.83. The van der Waals surface area contributed by atoms with Crippen LogP contribution in [-0.4, -0.2) is 28.0 Å². The van der Waals surface area contributed by atoms with Gasteiger partial charge in [0.05, 0.1) is 12.1 Å². The van der Waals surface area contributed by atoms with Crippen molar-refractivity contribution in [2.24, 2.45) is 0 Å². The van der Waals surface area contributed by atoms with E-state index in [1.807, 2.05) is 11.0 Å². The lowest BCUT2D eigenvalue weighted by molar-refractivity contribution is 0.194. The number of halogens is 1. The molecule has 1 aliphatic heterocycles. The van der Waals surface area contributed by atoms with Crippen molar-refractivity contribution in [1.29, 1.82) is 0 Å². The van der Waals surface area contributed by atoms with Crippen LogP contribution in [0.5, 0.6) is 0 Å². The lowest BCUT2D eigenvalue weighted by Crippen LogP contribution is -2.24. The largest absolute Gasteiger partial charge is 0.408 e. The number of rotatable bonds is 2. The molecule has 0 aliphatic carbocycles. The second kappa shape index (κ2) is 4.62. The van der Waals surface area contributed by atoms with Gasteiger partial charge in [0.1, 0.15) is 5.82 Å². The van der Waals surface area contributed by atoms with Gasteiger partial charge in [-0.1, -0.05) is 17.2 Å². The number of nitrogens with zero attached hydrogens (tertiary/aromatic N) is 3. The summed E-state index contributed by atoms with van der Waals surface area (Å²) in [4.78, 5) is 1.82. The SMILES string of the molecule is Cc1nnc(N2C[C@@H](O)C[C@@H]2c2cccc(F)c2)o1. The van der Waals surface area contributed by atoms with E-state index in [1.165, 1.54) is 12.1 Å². The molecule has 0 radical (unpaired) electrons. The fraction of sp³-hybridized carbons (Fsp3) is 0.385. The summed E-state index contributed by atoms with van der Waals surface area (Å²) in [6.07, 6.45) is 0.0331. The van der Waals surface area contributed by atoms with E-state index in [0.29, 0.717) is 24.9 Å². The Morgan fingerprint density at radius 1 is 1.42 bits per heavy atom. The lowest BCUT2D eigenvalue weighted by Gasteiger charge is -2.22. The number of anilines is 1. The van der Waals surface area contributed by atoms with Crippen LogP contribution in [0.2, 0.25) is 0 Å². The fourth-order valence-corrected chi connectivity index (χ4v) is 2.46. The Labute approximate surface area is 109 Å². The molecule has 6 heteroatoms. The monoisotopic (exact) mass is 263 g/mol. The van der Waals surface area contributed by atoms with Crippen molar-refractivity contribution in [2.75, 3.05) is 11.4 Å². The quantitative estimate of drug-likeness (QED) is 0.895. The maximum atomic E-state index is 13.3. The van der Waals surface area contributed by atoms with Gasteiger partial charge >= 0.3 is 6.01 Å². The van der Waals surface area contributed by atoms with Crippen LogP contribution in [0.25, 0.3) is 0 Å². The summed E-state index contributed by atoms with van der Waals surface area (Å²) in [6.45, 7) is 2.11. The maximum Gasteiger partial charge on any atom is 0.318 e. The topological polar surface area (TPSA) is 62.4 Å². The minimum Gasteiger partial charge on any atom is -0.408 e. The molecule has 2 heterocycles. The van der Waals surface area contributed by atoms with E-state index in [9.17, 15) is 9.50 Å². The molecule has 5 nitrogen and oxygen atoms in total. The Bertz CT molecular complexity index is 587. The Kier molecular flexibility index (Phi) is 2.94. The van der Waals surface area contributed by atoms with Gasteiger partial charge in [-0.15, -0.1) is 5.10 Å². The van der Waals surface area contributed by atoms with Gasteiger partial charge in [0.2, 0.25) is 5.89 Å². The third-order valence-electron chi connectivity index (χ3n) is 3.27. The number of benzene rings is 1. The van der Waals surface area contributed by atoms with Crippen molar-refractivity contribution in [3.8, 4) is 0 Å². The highest BCUT2D eigenvalue weighted by Crippen LogP contribution is 2.35. The highest BCUT2D eigenvalue weighted by atomic mass is 19.1. The summed E-state index contributed by atoms with van der Waals surface area (Å²) in [5, 5.41) is 17.6. The van der Waals surface area contributed by atoms with Crippen molar-refractivity contribution in [2.45, 2.75) is 25.5 Å². The highest BCUT2D eigenvalue weighted by molar-refractivity contribution is 5.36.